The van der Waals surface area contributed by atoms with Crippen LogP contribution in [0.4, 0.5) is 13.2 Å². The van der Waals surface area contributed by atoms with Crippen molar-refractivity contribution in [1.82, 2.24) is 10.2 Å². The van der Waals surface area contributed by atoms with Gasteiger partial charge < -0.3 is 5.32 Å². The topological polar surface area (TPSA) is 32.3 Å². The van der Waals surface area contributed by atoms with Crippen LogP contribution in [0.15, 0.2) is 54.6 Å². The van der Waals surface area contributed by atoms with Crippen molar-refractivity contribution in [3.8, 4) is 0 Å². The summed E-state index contributed by atoms with van der Waals surface area (Å²) in [5.41, 5.74) is 3.44. The molecule has 2 aromatic carbocycles. The SMILES string of the molecule is CC(C(=O)NCC(F)(F)F)N1Cc2ccccc2C(c2ccccc2)C1. The quantitative estimate of drug-likeness (QED) is 0.900. The summed E-state index contributed by atoms with van der Waals surface area (Å²) in [6.45, 7) is 1.48. The Labute approximate surface area is 150 Å². The van der Waals surface area contributed by atoms with Gasteiger partial charge in [-0.25, -0.2) is 0 Å². The molecule has 0 spiro atoms. The van der Waals surface area contributed by atoms with Gasteiger partial charge in [-0.05, 0) is 23.6 Å². The zero-order chi connectivity index (χ0) is 18.7. The van der Waals surface area contributed by atoms with Gasteiger partial charge in [0, 0.05) is 19.0 Å². The summed E-state index contributed by atoms with van der Waals surface area (Å²) in [7, 11) is 0. The lowest BCUT2D eigenvalue weighted by molar-refractivity contribution is -0.141. The number of amides is 1. The molecular formula is C20H21F3N2O. The summed E-state index contributed by atoms with van der Waals surface area (Å²) in [4.78, 5) is 14.1. The number of fused-ring (bicyclic) bond motifs is 1. The van der Waals surface area contributed by atoms with Crippen LogP contribution >= 0.6 is 0 Å². The second-order valence-corrected chi connectivity index (χ2v) is 6.60. The van der Waals surface area contributed by atoms with E-state index in [1.165, 1.54) is 5.56 Å². The molecule has 6 heteroatoms. The molecule has 1 amide bonds. The number of benzene rings is 2. The normalized spacial score (nSPS) is 18.8. The van der Waals surface area contributed by atoms with Crippen molar-refractivity contribution in [2.45, 2.75) is 31.6 Å². The molecule has 2 unspecified atom stereocenters. The minimum atomic E-state index is -4.41. The first kappa shape index (κ1) is 18.5. The molecule has 0 aliphatic carbocycles. The summed E-state index contributed by atoms with van der Waals surface area (Å²) in [6, 6.07) is 17.4. The highest BCUT2D eigenvalue weighted by atomic mass is 19.4. The molecule has 1 aliphatic rings. The van der Waals surface area contributed by atoms with E-state index < -0.39 is 24.7 Å². The Morgan fingerprint density at radius 1 is 1.15 bits per heavy atom. The third-order valence-electron chi connectivity index (χ3n) is 4.81. The van der Waals surface area contributed by atoms with Gasteiger partial charge >= 0.3 is 6.18 Å². The summed E-state index contributed by atoms with van der Waals surface area (Å²) in [6.07, 6.45) is -4.41. The molecule has 26 heavy (non-hydrogen) atoms. The van der Waals surface area contributed by atoms with Crippen molar-refractivity contribution >= 4 is 5.91 Å². The molecule has 3 nitrogen and oxygen atoms in total. The Hall–Kier alpha value is -2.34. The molecule has 2 aromatic rings. The van der Waals surface area contributed by atoms with Crippen LogP contribution in [0.1, 0.15) is 29.5 Å². The van der Waals surface area contributed by atoms with Gasteiger partial charge in [0.25, 0.3) is 0 Å². The summed E-state index contributed by atoms with van der Waals surface area (Å²) in [5.74, 6) is -0.521. The molecule has 0 bridgehead atoms. The van der Waals surface area contributed by atoms with Gasteiger partial charge in [0.1, 0.15) is 6.54 Å². The molecule has 138 valence electrons. The van der Waals surface area contributed by atoms with E-state index in [-0.39, 0.29) is 5.92 Å². The number of carbonyl (C=O) groups is 1. The first-order valence-electron chi connectivity index (χ1n) is 8.56. The Balaban J connectivity index is 1.81. The maximum Gasteiger partial charge on any atom is 0.405 e. The van der Waals surface area contributed by atoms with Crippen LogP contribution in [0.2, 0.25) is 0 Å². The van der Waals surface area contributed by atoms with Gasteiger partial charge in [-0.15, -0.1) is 0 Å². The molecule has 1 N–H and O–H groups in total. The van der Waals surface area contributed by atoms with Crippen LogP contribution in [0.3, 0.4) is 0 Å². The van der Waals surface area contributed by atoms with Crippen molar-refractivity contribution in [2.24, 2.45) is 0 Å². The number of nitrogens with one attached hydrogen (secondary N) is 1. The van der Waals surface area contributed by atoms with Crippen LogP contribution in [-0.2, 0) is 11.3 Å². The molecule has 3 rings (SSSR count). The number of rotatable bonds is 4. The Kier molecular flexibility index (Phi) is 5.32. The third kappa shape index (κ3) is 4.25. The van der Waals surface area contributed by atoms with Gasteiger partial charge in [-0.1, -0.05) is 54.6 Å². The van der Waals surface area contributed by atoms with Crippen LogP contribution in [-0.4, -0.2) is 36.1 Å². The number of halogens is 3. The summed E-state index contributed by atoms with van der Waals surface area (Å²) < 4.78 is 37.1. The molecule has 1 aliphatic heterocycles. The first-order chi connectivity index (χ1) is 12.3. The average molecular weight is 362 g/mol. The van der Waals surface area contributed by atoms with Gasteiger partial charge in [0.2, 0.25) is 5.91 Å². The third-order valence-corrected chi connectivity index (χ3v) is 4.81. The Morgan fingerprint density at radius 3 is 2.50 bits per heavy atom. The maximum absolute atomic E-state index is 12.4. The van der Waals surface area contributed by atoms with E-state index in [9.17, 15) is 18.0 Å². The molecule has 1 heterocycles. The highest BCUT2D eigenvalue weighted by Gasteiger charge is 2.33. The lowest BCUT2D eigenvalue weighted by Crippen LogP contribution is -2.49. The molecule has 0 fully saturated rings. The first-order valence-corrected chi connectivity index (χ1v) is 8.56. The fourth-order valence-corrected chi connectivity index (χ4v) is 3.40. The van der Waals surface area contributed by atoms with Crippen molar-refractivity contribution in [3.63, 3.8) is 0 Å². The van der Waals surface area contributed by atoms with Gasteiger partial charge in [-0.3, -0.25) is 9.69 Å². The number of alkyl halides is 3. The lowest BCUT2D eigenvalue weighted by atomic mass is 9.84. The van der Waals surface area contributed by atoms with E-state index in [0.29, 0.717) is 13.1 Å². The van der Waals surface area contributed by atoms with Gasteiger partial charge in [0.05, 0.1) is 6.04 Å². The largest absolute Gasteiger partial charge is 0.405 e. The molecule has 0 saturated heterocycles. The van der Waals surface area contributed by atoms with E-state index in [0.717, 1.165) is 11.1 Å². The number of hydrogen-bond donors (Lipinski definition) is 1. The van der Waals surface area contributed by atoms with E-state index in [1.807, 2.05) is 58.7 Å². The van der Waals surface area contributed by atoms with Crippen molar-refractivity contribution in [1.29, 1.82) is 0 Å². The number of nitrogens with zero attached hydrogens (tertiary/aromatic N) is 1. The molecule has 0 saturated carbocycles. The van der Waals surface area contributed by atoms with Gasteiger partial charge in [-0.2, -0.15) is 13.2 Å². The Bertz CT molecular complexity index is 761. The predicted octanol–water partition coefficient (Wildman–Crippen LogP) is 3.70. The zero-order valence-electron chi connectivity index (χ0n) is 14.5. The molecule has 0 radical (unpaired) electrons. The minimum Gasteiger partial charge on any atom is -0.346 e. The van der Waals surface area contributed by atoms with Crippen molar-refractivity contribution < 1.29 is 18.0 Å². The standard InChI is InChI=1S/C20H21F3N2O/c1-14(19(26)24-13-20(21,22)23)25-11-16-9-5-6-10-17(16)18(12-25)15-7-3-2-4-8-15/h2-10,14,18H,11-13H2,1H3,(H,24,26). The maximum atomic E-state index is 12.4. The fraction of sp³-hybridized carbons (Fsp3) is 0.350. The van der Waals surface area contributed by atoms with E-state index in [1.54, 1.807) is 6.92 Å². The smallest absolute Gasteiger partial charge is 0.346 e. The van der Waals surface area contributed by atoms with Crippen LogP contribution < -0.4 is 5.32 Å². The van der Waals surface area contributed by atoms with E-state index in [2.05, 4.69) is 6.07 Å². The van der Waals surface area contributed by atoms with E-state index >= 15 is 0 Å². The second-order valence-electron chi connectivity index (χ2n) is 6.60. The van der Waals surface area contributed by atoms with Crippen LogP contribution in [0, 0.1) is 0 Å². The number of carbonyl (C=O) groups excluding carboxylic acids is 1. The lowest BCUT2D eigenvalue weighted by Gasteiger charge is -2.38. The van der Waals surface area contributed by atoms with Crippen LogP contribution in [0.5, 0.6) is 0 Å². The zero-order valence-corrected chi connectivity index (χ0v) is 14.5. The molecule has 0 aromatic heterocycles. The predicted molar refractivity (Wildman–Crippen MR) is 93.7 cm³/mol. The van der Waals surface area contributed by atoms with E-state index in [4.69, 9.17) is 0 Å². The van der Waals surface area contributed by atoms with Crippen molar-refractivity contribution in [2.75, 3.05) is 13.1 Å². The van der Waals surface area contributed by atoms with Gasteiger partial charge in [0.15, 0.2) is 0 Å². The highest BCUT2D eigenvalue weighted by molar-refractivity contribution is 5.81. The number of hydrogen-bond acceptors (Lipinski definition) is 2. The molecular weight excluding hydrogens is 341 g/mol. The average Bonchev–Trinajstić information content (AvgIpc) is 2.64. The Morgan fingerprint density at radius 2 is 1.81 bits per heavy atom. The van der Waals surface area contributed by atoms with Crippen LogP contribution in [0.25, 0.3) is 0 Å². The molecule has 2 atom stereocenters. The summed E-state index contributed by atoms with van der Waals surface area (Å²) in [5, 5.41) is 1.99. The fourth-order valence-electron chi connectivity index (χ4n) is 3.40. The highest BCUT2D eigenvalue weighted by Crippen LogP contribution is 2.34. The monoisotopic (exact) mass is 362 g/mol. The second kappa shape index (κ2) is 7.50. The minimum absolute atomic E-state index is 0.0824. The summed E-state index contributed by atoms with van der Waals surface area (Å²) >= 11 is 0. The van der Waals surface area contributed by atoms with Crippen molar-refractivity contribution in [3.05, 3.63) is 71.3 Å².